The second-order valence-corrected chi connectivity index (χ2v) is 7.42. The predicted octanol–water partition coefficient (Wildman–Crippen LogP) is 4.12. The lowest BCUT2D eigenvalue weighted by Crippen LogP contribution is -2.37. The number of thiophene rings is 1. The molecule has 1 aliphatic rings. The zero-order chi connectivity index (χ0) is 19.3. The minimum Gasteiger partial charge on any atom is -0.390 e. The van der Waals surface area contributed by atoms with Gasteiger partial charge in [-0.3, -0.25) is 9.78 Å². The molecule has 0 radical (unpaired) electrons. The monoisotopic (exact) mass is 395 g/mol. The molecule has 5 nitrogen and oxygen atoms in total. The fraction of sp³-hybridized carbons (Fsp3) is 0.190. The molecule has 0 bridgehead atoms. The fourth-order valence-electron chi connectivity index (χ4n) is 3.04. The van der Waals surface area contributed by atoms with Crippen LogP contribution in [0.5, 0.6) is 0 Å². The van der Waals surface area contributed by atoms with Gasteiger partial charge >= 0.3 is 0 Å². The number of carbonyl (C=O) groups is 1. The average Bonchev–Trinajstić information content (AvgIpc) is 3.42. The Morgan fingerprint density at radius 3 is 2.75 bits per heavy atom. The summed E-state index contributed by atoms with van der Waals surface area (Å²) in [4.78, 5) is 25.2. The molecule has 1 aromatic carbocycles. The third-order valence-electron chi connectivity index (χ3n) is 4.42. The highest BCUT2D eigenvalue weighted by Gasteiger charge is 2.28. The smallest absolute Gasteiger partial charge is 0.264 e. The second kappa shape index (κ2) is 8.31. The van der Waals surface area contributed by atoms with Gasteiger partial charge in [-0.05, 0) is 41.3 Å². The van der Waals surface area contributed by atoms with Crippen LogP contribution in [0, 0.1) is 5.82 Å². The maximum atomic E-state index is 13.2. The largest absolute Gasteiger partial charge is 0.390 e. The van der Waals surface area contributed by atoms with Crippen LogP contribution in [-0.2, 0) is 11.4 Å². The summed E-state index contributed by atoms with van der Waals surface area (Å²) in [5.74, 6) is -0.373. The summed E-state index contributed by atoms with van der Waals surface area (Å²) >= 11 is 1.40. The maximum absolute atomic E-state index is 13.2. The van der Waals surface area contributed by atoms with E-state index in [0.717, 1.165) is 17.0 Å². The summed E-state index contributed by atoms with van der Waals surface area (Å²) in [5.41, 5.74) is 2.41. The molecule has 7 heteroatoms. The molecule has 1 unspecified atom stereocenters. The van der Waals surface area contributed by atoms with Crippen LogP contribution in [0.4, 0.5) is 4.39 Å². The first kappa shape index (κ1) is 18.3. The van der Waals surface area contributed by atoms with Crippen LogP contribution in [0.2, 0.25) is 0 Å². The Kier molecular flexibility index (Phi) is 5.43. The Morgan fingerprint density at radius 1 is 1.18 bits per heavy atom. The van der Waals surface area contributed by atoms with Crippen molar-refractivity contribution in [2.75, 3.05) is 6.54 Å². The lowest BCUT2D eigenvalue weighted by Gasteiger charge is -2.24. The topological polar surface area (TPSA) is 54.8 Å². The van der Waals surface area contributed by atoms with Crippen molar-refractivity contribution in [1.82, 2.24) is 9.88 Å². The molecule has 0 N–H and O–H groups in total. The third-order valence-corrected chi connectivity index (χ3v) is 5.28. The molecule has 1 atom stereocenters. The van der Waals surface area contributed by atoms with E-state index in [2.05, 4.69) is 10.1 Å². The Hall–Kier alpha value is -3.06. The van der Waals surface area contributed by atoms with Gasteiger partial charge in [-0.2, -0.15) is 0 Å². The molecule has 1 amide bonds. The van der Waals surface area contributed by atoms with E-state index in [1.807, 2.05) is 29.6 Å². The maximum Gasteiger partial charge on any atom is 0.264 e. The number of amides is 1. The van der Waals surface area contributed by atoms with Gasteiger partial charge in [0.1, 0.15) is 11.5 Å². The first-order chi connectivity index (χ1) is 13.7. The average molecular weight is 395 g/mol. The normalized spacial score (nSPS) is 15.8. The van der Waals surface area contributed by atoms with Crippen molar-refractivity contribution in [2.24, 2.45) is 5.16 Å². The van der Waals surface area contributed by atoms with Gasteiger partial charge in [-0.25, -0.2) is 4.39 Å². The van der Waals surface area contributed by atoms with Crippen molar-refractivity contribution in [3.8, 4) is 0 Å². The van der Waals surface area contributed by atoms with Gasteiger partial charge in [-0.15, -0.1) is 11.3 Å². The minimum atomic E-state index is -0.299. The van der Waals surface area contributed by atoms with E-state index < -0.39 is 0 Å². The Balaban J connectivity index is 1.48. The molecule has 3 heterocycles. The fourth-order valence-corrected chi connectivity index (χ4v) is 3.73. The SMILES string of the molecule is O=C(c1cccs1)N(Cc1ccc(F)cc1)CC1CC(c2ccccn2)=NO1. The van der Waals surface area contributed by atoms with Crippen LogP contribution in [0.25, 0.3) is 0 Å². The molecule has 4 rings (SSSR count). The van der Waals surface area contributed by atoms with Gasteiger partial charge in [0.25, 0.3) is 5.91 Å². The Bertz CT molecular complexity index is 959. The summed E-state index contributed by atoms with van der Waals surface area (Å²) in [6.45, 7) is 0.754. The van der Waals surface area contributed by atoms with E-state index in [9.17, 15) is 9.18 Å². The molecule has 0 spiro atoms. The van der Waals surface area contributed by atoms with Gasteiger partial charge in [0.2, 0.25) is 0 Å². The molecule has 3 aromatic rings. The number of carbonyl (C=O) groups excluding carboxylic acids is 1. The molecule has 28 heavy (non-hydrogen) atoms. The van der Waals surface area contributed by atoms with Crippen LogP contribution in [0.3, 0.4) is 0 Å². The molecule has 0 saturated carbocycles. The van der Waals surface area contributed by atoms with Crippen LogP contribution in [-0.4, -0.2) is 34.2 Å². The van der Waals surface area contributed by atoms with Crippen LogP contribution in [0.15, 0.2) is 71.3 Å². The highest BCUT2D eigenvalue weighted by molar-refractivity contribution is 7.12. The highest BCUT2D eigenvalue weighted by atomic mass is 32.1. The van der Waals surface area contributed by atoms with Gasteiger partial charge < -0.3 is 9.74 Å². The van der Waals surface area contributed by atoms with Crippen LogP contribution < -0.4 is 0 Å². The molecular weight excluding hydrogens is 377 g/mol. The summed E-state index contributed by atoms with van der Waals surface area (Å²) in [7, 11) is 0. The van der Waals surface area contributed by atoms with E-state index in [0.29, 0.717) is 24.4 Å². The number of benzene rings is 1. The van der Waals surface area contributed by atoms with Crippen molar-refractivity contribution in [1.29, 1.82) is 0 Å². The van der Waals surface area contributed by atoms with Gasteiger partial charge in [0, 0.05) is 19.2 Å². The minimum absolute atomic E-state index is 0.0748. The summed E-state index contributed by atoms with van der Waals surface area (Å²) in [5, 5.41) is 6.02. The zero-order valence-electron chi connectivity index (χ0n) is 15.0. The van der Waals surface area contributed by atoms with Crippen LogP contribution >= 0.6 is 11.3 Å². The van der Waals surface area contributed by atoms with Gasteiger partial charge in [0.15, 0.2) is 6.10 Å². The molecule has 0 saturated heterocycles. The number of pyridine rings is 1. The van der Waals surface area contributed by atoms with Crippen molar-refractivity contribution < 1.29 is 14.0 Å². The van der Waals surface area contributed by atoms with E-state index in [-0.39, 0.29) is 17.8 Å². The van der Waals surface area contributed by atoms with E-state index in [1.54, 1.807) is 29.3 Å². The standard InChI is InChI=1S/C21H18FN3O2S/c22-16-8-6-15(7-9-16)13-25(21(26)20-5-3-11-28-20)14-17-12-19(24-27-17)18-4-1-2-10-23-18/h1-11,17H,12-14H2. The summed E-state index contributed by atoms with van der Waals surface area (Å²) in [6, 6.07) is 15.5. The third kappa shape index (κ3) is 4.26. The molecular formula is C21H18FN3O2S. The van der Waals surface area contributed by atoms with Crippen molar-refractivity contribution in [3.63, 3.8) is 0 Å². The zero-order valence-corrected chi connectivity index (χ0v) is 15.8. The predicted molar refractivity (Wildman–Crippen MR) is 106 cm³/mol. The van der Waals surface area contributed by atoms with E-state index >= 15 is 0 Å². The Morgan fingerprint density at radius 2 is 2.04 bits per heavy atom. The molecule has 1 aliphatic heterocycles. The lowest BCUT2D eigenvalue weighted by atomic mass is 10.1. The molecule has 0 fully saturated rings. The highest BCUT2D eigenvalue weighted by Crippen LogP contribution is 2.20. The molecule has 2 aromatic heterocycles. The number of rotatable bonds is 6. The first-order valence-corrected chi connectivity index (χ1v) is 9.78. The van der Waals surface area contributed by atoms with Gasteiger partial charge in [0.05, 0.1) is 17.1 Å². The number of halogens is 1. The van der Waals surface area contributed by atoms with E-state index in [1.165, 1.54) is 23.5 Å². The summed E-state index contributed by atoms with van der Waals surface area (Å²) in [6.07, 6.45) is 2.04. The van der Waals surface area contributed by atoms with E-state index in [4.69, 9.17) is 4.84 Å². The number of aromatic nitrogens is 1. The van der Waals surface area contributed by atoms with Gasteiger partial charge in [-0.1, -0.05) is 29.4 Å². The lowest BCUT2D eigenvalue weighted by molar-refractivity contribution is 0.0408. The second-order valence-electron chi connectivity index (χ2n) is 6.47. The Labute approximate surface area is 166 Å². The number of nitrogens with zero attached hydrogens (tertiary/aromatic N) is 3. The molecule has 142 valence electrons. The quantitative estimate of drug-likeness (QED) is 0.631. The first-order valence-electron chi connectivity index (χ1n) is 8.90. The van der Waals surface area contributed by atoms with Crippen LogP contribution in [0.1, 0.15) is 27.3 Å². The summed E-state index contributed by atoms with van der Waals surface area (Å²) < 4.78 is 13.2. The number of hydrogen-bond donors (Lipinski definition) is 0. The number of oxime groups is 1. The molecule has 0 aliphatic carbocycles. The van der Waals surface area contributed by atoms with Crippen molar-refractivity contribution >= 4 is 23.0 Å². The van der Waals surface area contributed by atoms with Crippen molar-refractivity contribution in [2.45, 2.75) is 19.1 Å². The van der Waals surface area contributed by atoms with Crippen molar-refractivity contribution in [3.05, 3.63) is 88.1 Å². The number of hydrogen-bond acceptors (Lipinski definition) is 5.